The van der Waals surface area contributed by atoms with Crippen LogP contribution in [0.15, 0.2) is 28.0 Å². The van der Waals surface area contributed by atoms with E-state index in [0.29, 0.717) is 29.0 Å². The third-order valence-corrected chi connectivity index (χ3v) is 4.48. The standard InChI is InChI=1S/C14H18N4O3S/c1-18-13(11-5-3-7-21-11)16-17-14(18)22-9-12(19)15-8-10-4-2-6-20-10/h3,5,7,10H,2,4,6,8-9H2,1H3,(H,15,19)/t10-/m0/s1. The zero-order valence-electron chi connectivity index (χ0n) is 12.3. The fraction of sp³-hybridized carbons (Fsp3) is 0.500. The highest BCUT2D eigenvalue weighted by atomic mass is 32.2. The van der Waals surface area contributed by atoms with Crippen molar-refractivity contribution in [3.63, 3.8) is 0 Å². The van der Waals surface area contributed by atoms with Gasteiger partial charge < -0.3 is 19.0 Å². The maximum absolute atomic E-state index is 11.9. The monoisotopic (exact) mass is 322 g/mol. The van der Waals surface area contributed by atoms with Gasteiger partial charge in [-0.1, -0.05) is 11.8 Å². The van der Waals surface area contributed by atoms with Crippen LogP contribution < -0.4 is 5.32 Å². The third kappa shape index (κ3) is 3.50. The number of ether oxygens (including phenoxy) is 1. The molecule has 1 N–H and O–H groups in total. The van der Waals surface area contributed by atoms with Crippen molar-refractivity contribution in [3.8, 4) is 11.6 Å². The van der Waals surface area contributed by atoms with E-state index < -0.39 is 0 Å². The van der Waals surface area contributed by atoms with Gasteiger partial charge in [0.2, 0.25) is 5.91 Å². The summed E-state index contributed by atoms with van der Waals surface area (Å²) in [6.45, 7) is 1.37. The topological polar surface area (TPSA) is 82.2 Å². The van der Waals surface area contributed by atoms with Gasteiger partial charge >= 0.3 is 0 Å². The summed E-state index contributed by atoms with van der Waals surface area (Å²) in [4.78, 5) is 11.9. The molecule has 0 spiro atoms. The molecule has 2 aromatic heterocycles. The van der Waals surface area contributed by atoms with Crippen LogP contribution in [0.4, 0.5) is 0 Å². The summed E-state index contributed by atoms with van der Waals surface area (Å²) >= 11 is 1.35. The van der Waals surface area contributed by atoms with Gasteiger partial charge in [0.1, 0.15) is 0 Å². The average Bonchev–Trinajstić information content (AvgIpc) is 3.25. The lowest BCUT2D eigenvalue weighted by Crippen LogP contribution is -2.32. The van der Waals surface area contributed by atoms with E-state index in [9.17, 15) is 4.79 Å². The number of hydrogen-bond donors (Lipinski definition) is 1. The molecule has 1 amide bonds. The molecule has 0 aliphatic carbocycles. The van der Waals surface area contributed by atoms with Gasteiger partial charge in [-0.15, -0.1) is 10.2 Å². The number of carbonyl (C=O) groups is 1. The molecule has 1 aliphatic heterocycles. The molecule has 0 radical (unpaired) electrons. The second-order valence-corrected chi connectivity index (χ2v) is 6.01. The normalized spacial score (nSPS) is 17.8. The van der Waals surface area contributed by atoms with Crippen LogP contribution >= 0.6 is 11.8 Å². The Kier molecular flexibility index (Phi) is 4.79. The zero-order chi connectivity index (χ0) is 15.4. The van der Waals surface area contributed by atoms with Crippen LogP contribution in [-0.4, -0.2) is 45.7 Å². The van der Waals surface area contributed by atoms with Gasteiger partial charge in [-0.2, -0.15) is 0 Å². The number of amides is 1. The summed E-state index contributed by atoms with van der Waals surface area (Å²) in [6.07, 6.45) is 3.84. The molecule has 118 valence electrons. The summed E-state index contributed by atoms with van der Waals surface area (Å²) < 4.78 is 12.6. The van der Waals surface area contributed by atoms with E-state index in [-0.39, 0.29) is 12.0 Å². The molecule has 1 saturated heterocycles. The van der Waals surface area contributed by atoms with Gasteiger partial charge in [-0.3, -0.25) is 4.79 Å². The van der Waals surface area contributed by atoms with Crippen molar-refractivity contribution in [1.82, 2.24) is 20.1 Å². The second kappa shape index (κ2) is 6.97. The van der Waals surface area contributed by atoms with Crippen molar-refractivity contribution in [2.24, 2.45) is 7.05 Å². The van der Waals surface area contributed by atoms with Crippen LogP contribution in [0.25, 0.3) is 11.6 Å². The van der Waals surface area contributed by atoms with Gasteiger partial charge in [-0.05, 0) is 25.0 Å². The third-order valence-electron chi connectivity index (χ3n) is 3.46. The van der Waals surface area contributed by atoms with E-state index in [4.69, 9.17) is 9.15 Å². The SMILES string of the molecule is Cn1c(SCC(=O)NC[C@@H]2CCCO2)nnc1-c1ccco1. The summed E-state index contributed by atoms with van der Waals surface area (Å²) in [5.41, 5.74) is 0. The van der Waals surface area contributed by atoms with E-state index in [1.807, 2.05) is 17.7 Å². The number of furan rings is 1. The Labute approximate surface area is 132 Å². The van der Waals surface area contributed by atoms with Gasteiger partial charge in [0.05, 0.1) is 18.1 Å². The van der Waals surface area contributed by atoms with Crippen molar-refractivity contribution in [1.29, 1.82) is 0 Å². The Morgan fingerprint density at radius 1 is 1.55 bits per heavy atom. The van der Waals surface area contributed by atoms with Crippen LogP contribution in [-0.2, 0) is 16.6 Å². The fourth-order valence-corrected chi connectivity index (χ4v) is 3.02. The fourth-order valence-electron chi connectivity index (χ4n) is 2.28. The smallest absolute Gasteiger partial charge is 0.230 e. The van der Waals surface area contributed by atoms with Crippen LogP contribution in [0.5, 0.6) is 0 Å². The van der Waals surface area contributed by atoms with Crippen molar-refractivity contribution in [2.45, 2.75) is 24.1 Å². The molecule has 2 aromatic rings. The second-order valence-electron chi connectivity index (χ2n) is 5.07. The lowest BCUT2D eigenvalue weighted by atomic mass is 10.2. The van der Waals surface area contributed by atoms with Crippen LogP contribution in [0, 0.1) is 0 Å². The first-order valence-corrected chi connectivity index (χ1v) is 8.17. The number of carbonyl (C=O) groups excluding carboxylic acids is 1. The molecule has 0 aromatic carbocycles. The summed E-state index contributed by atoms with van der Waals surface area (Å²) in [6, 6.07) is 3.63. The Hall–Kier alpha value is -1.80. The van der Waals surface area contributed by atoms with Gasteiger partial charge in [0.25, 0.3) is 0 Å². The molecule has 7 nitrogen and oxygen atoms in total. The highest BCUT2D eigenvalue weighted by Gasteiger charge is 2.17. The van der Waals surface area contributed by atoms with E-state index >= 15 is 0 Å². The quantitative estimate of drug-likeness (QED) is 0.811. The number of thioether (sulfide) groups is 1. The van der Waals surface area contributed by atoms with E-state index in [1.165, 1.54) is 11.8 Å². The molecular formula is C14H18N4O3S. The number of nitrogens with zero attached hydrogens (tertiary/aromatic N) is 3. The first-order chi connectivity index (χ1) is 10.7. The predicted molar refractivity (Wildman–Crippen MR) is 81.4 cm³/mol. The minimum absolute atomic E-state index is 0.0250. The lowest BCUT2D eigenvalue weighted by Gasteiger charge is -2.10. The average molecular weight is 322 g/mol. The molecule has 3 heterocycles. The highest BCUT2D eigenvalue weighted by molar-refractivity contribution is 7.99. The van der Waals surface area contributed by atoms with E-state index in [2.05, 4.69) is 15.5 Å². The van der Waals surface area contributed by atoms with Crippen molar-refractivity contribution in [3.05, 3.63) is 18.4 Å². The summed E-state index contributed by atoms with van der Waals surface area (Å²) in [5.74, 6) is 1.58. The van der Waals surface area contributed by atoms with Crippen LogP contribution in [0.3, 0.4) is 0 Å². The molecule has 0 bridgehead atoms. The maximum atomic E-state index is 11.9. The molecule has 22 heavy (non-hydrogen) atoms. The van der Waals surface area contributed by atoms with Crippen LogP contribution in [0.1, 0.15) is 12.8 Å². The van der Waals surface area contributed by atoms with Crippen molar-refractivity contribution in [2.75, 3.05) is 18.9 Å². The summed E-state index contributed by atoms with van der Waals surface area (Å²) in [5, 5.41) is 11.8. The van der Waals surface area contributed by atoms with Gasteiger partial charge in [0.15, 0.2) is 16.7 Å². The molecule has 3 rings (SSSR count). The van der Waals surface area contributed by atoms with Crippen LogP contribution in [0.2, 0.25) is 0 Å². The van der Waals surface area contributed by atoms with E-state index in [0.717, 1.165) is 19.4 Å². The summed E-state index contributed by atoms with van der Waals surface area (Å²) in [7, 11) is 1.85. The molecule has 1 atom stereocenters. The molecule has 1 fully saturated rings. The number of nitrogens with one attached hydrogen (secondary N) is 1. The Morgan fingerprint density at radius 3 is 3.18 bits per heavy atom. The lowest BCUT2D eigenvalue weighted by molar-refractivity contribution is -0.119. The number of rotatable bonds is 6. The molecule has 1 aliphatic rings. The predicted octanol–water partition coefficient (Wildman–Crippen LogP) is 1.46. The first kappa shape index (κ1) is 15.1. The molecular weight excluding hydrogens is 304 g/mol. The first-order valence-electron chi connectivity index (χ1n) is 7.18. The molecule has 0 unspecified atom stereocenters. The zero-order valence-corrected chi connectivity index (χ0v) is 13.1. The van der Waals surface area contributed by atoms with E-state index in [1.54, 1.807) is 12.3 Å². The number of aromatic nitrogens is 3. The minimum Gasteiger partial charge on any atom is -0.461 e. The maximum Gasteiger partial charge on any atom is 0.230 e. The van der Waals surface area contributed by atoms with Gasteiger partial charge in [-0.25, -0.2) is 0 Å². The minimum atomic E-state index is -0.0250. The Balaban J connectivity index is 1.50. The Morgan fingerprint density at radius 2 is 2.45 bits per heavy atom. The number of hydrogen-bond acceptors (Lipinski definition) is 6. The highest BCUT2D eigenvalue weighted by Crippen LogP contribution is 2.22. The largest absolute Gasteiger partial charge is 0.461 e. The Bertz CT molecular complexity index is 620. The van der Waals surface area contributed by atoms with Gasteiger partial charge in [0, 0.05) is 20.2 Å². The van der Waals surface area contributed by atoms with Crippen molar-refractivity contribution >= 4 is 17.7 Å². The molecule has 8 heteroatoms. The van der Waals surface area contributed by atoms with Crippen molar-refractivity contribution < 1.29 is 13.9 Å². The molecule has 0 saturated carbocycles.